The van der Waals surface area contributed by atoms with E-state index in [9.17, 15) is 13.2 Å². The van der Waals surface area contributed by atoms with Gasteiger partial charge in [-0.05, 0) is 49.2 Å². The number of fused-ring (bicyclic) bond motifs is 1. The zero-order chi connectivity index (χ0) is 20.6. The number of sulfonamides is 1. The van der Waals surface area contributed by atoms with Crippen LogP contribution in [0.3, 0.4) is 0 Å². The lowest BCUT2D eigenvalue weighted by atomic mass is 10.2. The summed E-state index contributed by atoms with van der Waals surface area (Å²) in [5.41, 5.74) is 1.85. The number of anilines is 1. The van der Waals surface area contributed by atoms with E-state index < -0.39 is 15.9 Å². The highest BCUT2D eigenvalue weighted by Gasteiger charge is 2.27. The minimum Gasteiger partial charge on any atom is -0.441 e. The second kappa shape index (κ2) is 7.78. The highest BCUT2D eigenvalue weighted by molar-refractivity contribution is 7.89. The molecule has 0 spiro atoms. The minimum absolute atomic E-state index is 0.0662. The monoisotopic (exact) mass is 433 g/mol. The summed E-state index contributed by atoms with van der Waals surface area (Å²) in [4.78, 5) is 17.1. The van der Waals surface area contributed by atoms with Crippen LogP contribution in [0.25, 0.3) is 11.1 Å². The van der Waals surface area contributed by atoms with E-state index in [1.807, 2.05) is 0 Å². The van der Waals surface area contributed by atoms with Crippen LogP contribution in [0.1, 0.15) is 35.5 Å². The third-order valence-electron chi connectivity index (χ3n) is 4.89. The third kappa shape index (κ3) is 4.01. The number of benzene rings is 2. The first-order valence-corrected chi connectivity index (χ1v) is 11.1. The molecule has 0 saturated carbocycles. The number of hydrogen-bond acceptors (Lipinski definition) is 5. The SMILES string of the molecule is Cc1nc2cc(NC(=O)c3cc(S(=O)(=O)N4CCCCC4)ccc3Cl)ccc2o1. The van der Waals surface area contributed by atoms with Gasteiger partial charge < -0.3 is 9.73 Å². The highest BCUT2D eigenvalue weighted by atomic mass is 35.5. The molecule has 2 aromatic carbocycles. The van der Waals surface area contributed by atoms with Crippen LogP contribution in [0, 0.1) is 6.92 Å². The Morgan fingerprint density at radius 3 is 2.66 bits per heavy atom. The van der Waals surface area contributed by atoms with Gasteiger partial charge >= 0.3 is 0 Å². The zero-order valence-electron chi connectivity index (χ0n) is 15.8. The molecule has 4 rings (SSSR count). The van der Waals surface area contributed by atoms with Crippen LogP contribution in [0.2, 0.25) is 5.02 Å². The number of halogens is 1. The molecule has 1 saturated heterocycles. The predicted molar refractivity (Wildman–Crippen MR) is 111 cm³/mol. The normalized spacial score (nSPS) is 15.5. The summed E-state index contributed by atoms with van der Waals surface area (Å²) in [6, 6.07) is 9.30. The van der Waals surface area contributed by atoms with Gasteiger partial charge in [-0.2, -0.15) is 4.31 Å². The van der Waals surface area contributed by atoms with Crippen molar-refractivity contribution in [2.24, 2.45) is 0 Å². The van der Waals surface area contributed by atoms with Gasteiger partial charge in [0.05, 0.1) is 15.5 Å². The average Bonchev–Trinajstić information content (AvgIpc) is 3.08. The molecule has 0 bridgehead atoms. The Morgan fingerprint density at radius 1 is 1.14 bits per heavy atom. The second-order valence-corrected chi connectivity index (χ2v) is 9.32. The molecule has 1 amide bonds. The topological polar surface area (TPSA) is 92.5 Å². The number of nitrogens with one attached hydrogen (secondary N) is 1. The zero-order valence-corrected chi connectivity index (χ0v) is 17.4. The molecule has 1 aliphatic heterocycles. The standard InChI is InChI=1S/C20H20ClN3O4S/c1-13-22-18-11-14(5-8-19(18)28-13)23-20(25)16-12-15(6-7-17(16)21)29(26,27)24-9-3-2-4-10-24/h5-8,11-12H,2-4,9-10H2,1H3,(H,23,25). The molecular weight excluding hydrogens is 414 g/mol. The molecule has 0 unspecified atom stereocenters. The Balaban J connectivity index is 1.61. The third-order valence-corrected chi connectivity index (χ3v) is 7.11. The van der Waals surface area contributed by atoms with Gasteiger partial charge in [-0.15, -0.1) is 0 Å². The Kier molecular flexibility index (Phi) is 5.33. The van der Waals surface area contributed by atoms with Crippen molar-refractivity contribution in [3.63, 3.8) is 0 Å². The Morgan fingerprint density at radius 2 is 1.90 bits per heavy atom. The summed E-state index contributed by atoms with van der Waals surface area (Å²) in [7, 11) is -3.66. The Hall–Kier alpha value is -2.42. The maximum Gasteiger partial charge on any atom is 0.257 e. The lowest BCUT2D eigenvalue weighted by Crippen LogP contribution is -2.35. The summed E-state index contributed by atoms with van der Waals surface area (Å²) in [5.74, 6) is 0.0346. The molecule has 1 aromatic heterocycles. The highest BCUT2D eigenvalue weighted by Crippen LogP contribution is 2.26. The largest absolute Gasteiger partial charge is 0.441 e. The quantitative estimate of drug-likeness (QED) is 0.665. The average molecular weight is 434 g/mol. The van der Waals surface area contributed by atoms with Crippen molar-refractivity contribution in [3.05, 3.63) is 52.9 Å². The van der Waals surface area contributed by atoms with Crippen molar-refractivity contribution < 1.29 is 17.6 Å². The van der Waals surface area contributed by atoms with E-state index in [-0.39, 0.29) is 15.5 Å². The van der Waals surface area contributed by atoms with E-state index in [1.165, 1.54) is 22.5 Å². The van der Waals surface area contributed by atoms with Gasteiger partial charge in [-0.1, -0.05) is 18.0 Å². The van der Waals surface area contributed by atoms with Gasteiger partial charge in [0.2, 0.25) is 10.0 Å². The van der Waals surface area contributed by atoms with Crippen molar-refractivity contribution in [3.8, 4) is 0 Å². The predicted octanol–water partition coefficient (Wildman–Crippen LogP) is 4.22. The molecule has 1 fully saturated rings. The van der Waals surface area contributed by atoms with Gasteiger partial charge in [0.1, 0.15) is 5.52 Å². The van der Waals surface area contributed by atoms with Crippen LogP contribution in [0.15, 0.2) is 45.7 Å². The number of piperidine rings is 1. The molecule has 0 atom stereocenters. The van der Waals surface area contributed by atoms with Crippen molar-refractivity contribution in [1.29, 1.82) is 0 Å². The van der Waals surface area contributed by atoms with E-state index in [0.717, 1.165) is 19.3 Å². The summed E-state index contributed by atoms with van der Waals surface area (Å²) in [6.07, 6.45) is 2.70. The molecule has 1 N–H and O–H groups in total. The number of hydrogen-bond donors (Lipinski definition) is 1. The fourth-order valence-electron chi connectivity index (χ4n) is 3.41. The molecular formula is C20H20ClN3O4S. The molecule has 7 nitrogen and oxygen atoms in total. The van der Waals surface area contributed by atoms with Crippen LogP contribution in [0.4, 0.5) is 5.69 Å². The number of aromatic nitrogens is 1. The van der Waals surface area contributed by atoms with Crippen molar-refractivity contribution in [2.45, 2.75) is 31.1 Å². The number of carbonyl (C=O) groups excluding carboxylic acids is 1. The van der Waals surface area contributed by atoms with Crippen LogP contribution in [-0.4, -0.2) is 36.7 Å². The first-order valence-electron chi connectivity index (χ1n) is 9.33. The fourth-order valence-corrected chi connectivity index (χ4v) is 5.16. The van der Waals surface area contributed by atoms with E-state index in [2.05, 4.69) is 10.3 Å². The number of amides is 1. The van der Waals surface area contributed by atoms with Crippen molar-refractivity contribution in [2.75, 3.05) is 18.4 Å². The number of carbonyl (C=O) groups is 1. The number of aryl methyl sites for hydroxylation is 1. The molecule has 3 aromatic rings. The summed E-state index contributed by atoms with van der Waals surface area (Å²) < 4.78 is 32.7. The Bertz CT molecular complexity index is 1180. The van der Waals surface area contributed by atoms with E-state index in [0.29, 0.717) is 35.8 Å². The van der Waals surface area contributed by atoms with Gasteiger partial charge in [0, 0.05) is 25.7 Å². The number of oxazole rings is 1. The summed E-state index contributed by atoms with van der Waals surface area (Å²) in [5, 5.41) is 2.92. The maximum absolute atomic E-state index is 12.9. The molecule has 2 heterocycles. The number of rotatable bonds is 4. The first-order chi connectivity index (χ1) is 13.8. The van der Waals surface area contributed by atoms with Gasteiger partial charge in [-0.25, -0.2) is 13.4 Å². The van der Waals surface area contributed by atoms with E-state index in [1.54, 1.807) is 25.1 Å². The van der Waals surface area contributed by atoms with Crippen LogP contribution in [0.5, 0.6) is 0 Å². The fraction of sp³-hybridized carbons (Fsp3) is 0.300. The van der Waals surface area contributed by atoms with Crippen molar-refractivity contribution >= 4 is 44.3 Å². The van der Waals surface area contributed by atoms with Gasteiger partial charge in [0.15, 0.2) is 11.5 Å². The second-order valence-electron chi connectivity index (χ2n) is 6.98. The maximum atomic E-state index is 12.9. The van der Waals surface area contributed by atoms with E-state index >= 15 is 0 Å². The van der Waals surface area contributed by atoms with Crippen molar-refractivity contribution in [1.82, 2.24) is 9.29 Å². The smallest absolute Gasteiger partial charge is 0.257 e. The molecule has 0 aliphatic carbocycles. The Labute approximate surface area is 173 Å². The van der Waals surface area contributed by atoms with Crippen LogP contribution < -0.4 is 5.32 Å². The van der Waals surface area contributed by atoms with Gasteiger partial charge in [-0.3, -0.25) is 4.79 Å². The minimum atomic E-state index is -3.66. The molecule has 29 heavy (non-hydrogen) atoms. The lowest BCUT2D eigenvalue weighted by molar-refractivity contribution is 0.102. The van der Waals surface area contributed by atoms with E-state index in [4.69, 9.17) is 16.0 Å². The molecule has 9 heteroatoms. The number of nitrogens with zero attached hydrogens (tertiary/aromatic N) is 2. The van der Waals surface area contributed by atoms with Gasteiger partial charge in [0.25, 0.3) is 5.91 Å². The lowest BCUT2D eigenvalue weighted by Gasteiger charge is -2.26. The summed E-state index contributed by atoms with van der Waals surface area (Å²) in [6.45, 7) is 2.72. The van der Waals surface area contributed by atoms with Crippen LogP contribution >= 0.6 is 11.6 Å². The first kappa shape index (κ1) is 19.9. The molecule has 1 aliphatic rings. The van der Waals surface area contributed by atoms with Crippen LogP contribution in [-0.2, 0) is 10.0 Å². The molecule has 152 valence electrons. The molecule has 0 radical (unpaired) electrons. The summed E-state index contributed by atoms with van der Waals surface area (Å²) >= 11 is 6.19.